The van der Waals surface area contributed by atoms with E-state index in [1.807, 2.05) is 0 Å². The van der Waals surface area contributed by atoms with Crippen molar-refractivity contribution in [3.63, 3.8) is 0 Å². The Labute approximate surface area is 387 Å². The molecular weight excluding hydrogens is 767 g/mol. The summed E-state index contributed by atoms with van der Waals surface area (Å²) in [6.45, 7) is 4.94. The number of aliphatic hydroxyl groups excluding tert-OH is 2. The number of unbranched alkanes of at least 4 members (excludes halogenated alkanes) is 39. The van der Waals surface area contributed by atoms with Crippen molar-refractivity contribution in [1.29, 1.82) is 0 Å². The molecule has 62 heavy (non-hydrogen) atoms. The zero-order chi connectivity index (χ0) is 45.1. The second-order valence-corrected chi connectivity index (χ2v) is 19.3. The first-order valence-electron chi connectivity index (χ1n) is 27.9. The molecule has 3 N–H and O–H groups in total. The molecule has 2 atom stereocenters. The molecule has 6 heteroatoms. The molecule has 6 nitrogen and oxygen atoms in total. The van der Waals surface area contributed by atoms with Crippen molar-refractivity contribution in [2.24, 2.45) is 0 Å². The lowest BCUT2D eigenvalue weighted by atomic mass is 10.0. The summed E-state index contributed by atoms with van der Waals surface area (Å²) in [4.78, 5) is 24.5. The van der Waals surface area contributed by atoms with Crippen LogP contribution in [0.15, 0.2) is 12.2 Å². The number of rotatable bonds is 52. The first-order valence-corrected chi connectivity index (χ1v) is 27.9. The predicted octanol–water partition coefficient (Wildman–Crippen LogP) is 16.9. The molecule has 0 aromatic heterocycles. The van der Waals surface area contributed by atoms with Crippen LogP contribution in [0.5, 0.6) is 0 Å². The van der Waals surface area contributed by atoms with Crippen molar-refractivity contribution in [3.05, 3.63) is 12.2 Å². The fraction of sp³-hybridized carbons (Fsp3) is 0.929. The average Bonchev–Trinajstić information content (AvgIpc) is 3.27. The second-order valence-electron chi connectivity index (χ2n) is 19.3. The molecule has 0 radical (unpaired) electrons. The number of hydrogen-bond donors (Lipinski definition) is 3. The third-order valence-electron chi connectivity index (χ3n) is 13.1. The van der Waals surface area contributed by atoms with E-state index in [2.05, 4.69) is 31.3 Å². The van der Waals surface area contributed by atoms with Gasteiger partial charge >= 0.3 is 5.97 Å². The van der Waals surface area contributed by atoms with E-state index in [-0.39, 0.29) is 18.5 Å². The van der Waals surface area contributed by atoms with Gasteiger partial charge in [-0.05, 0) is 51.4 Å². The van der Waals surface area contributed by atoms with E-state index in [1.165, 1.54) is 231 Å². The lowest BCUT2D eigenvalue weighted by molar-refractivity contribution is -0.143. The van der Waals surface area contributed by atoms with Crippen LogP contribution in [0, 0.1) is 0 Å². The van der Waals surface area contributed by atoms with Crippen LogP contribution in [0.2, 0.25) is 0 Å². The Morgan fingerprint density at radius 3 is 1.15 bits per heavy atom. The van der Waals surface area contributed by atoms with Gasteiger partial charge in [-0.3, -0.25) is 9.59 Å². The number of carbonyl (C=O) groups is 2. The summed E-state index contributed by atoms with van der Waals surface area (Å²) >= 11 is 0. The van der Waals surface area contributed by atoms with E-state index >= 15 is 0 Å². The minimum absolute atomic E-state index is 0.00184. The molecule has 0 bridgehead atoms. The molecule has 0 saturated heterocycles. The number of ether oxygens (including phenoxy) is 1. The number of hydrogen-bond acceptors (Lipinski definition) is 5. The van der Waals surface area contributed by atoms with Gasteiger partial charge in [-0.25, -0.2) is 0 Å². The molecule has 0 aliphatic carbocycles. The van der Waals surface area contributed by atoms with Crippen molar-refractivity contribution in [3.8, 4) is 0 Å². The summed E-state index contributed by atoms with van der Waals surface area (Å²) in [6.07, 6.45) is 60.5. The highest BCUT2D eigenvalue weighted by atomic mass is 16.5. The SMILES string of the molecule is CCCCCCCCC/C=C\CCCCCCCCCC(=O)OCCCCCCCCCCCCCCCCCC(=O)NC(CO)C(O)CCCCCCCCCCCCCC. The van der Waals surface area contributed by atoms with E-state index in [0.717, 1.165) is 44.9 Å². The van der Waals surface area contributed by atoms with Gasteiger partial charge in [-0.15, -0.1) is 0 Å². The molecule has 1 amide bonds. The quantitative estimate of drug-likeness (QED) is 0.0321. The zero-order valence-electron chi connectivity index (χ0n) is 41.9. The second kappa shape index (κ2) is 52.2. The van der Waals surface area contributed by atoms with Crippen LogP contribution in [0.25, 0.3) is 0 Å². The highest BCUT2D eigenvalue weighted by molar-refractivity contribution is 5.76. The lowest BCUT2D eigenvalue weighted by Crippen LogP contribution is -2.45. The Hall–Kier alpha value is -1.40. The molecule has 2 unspecified atom stereocenters. The molecule has 0 aliphatic heterocycles. The third-order valence-corrected chi connectivity index (χ3v) is 13.1. The highest BCUT2D eigenvalue weighted by Crippen LogP contribution is 2.17. The molecule has 0 aromatic carbocycles. The summed E-state index contributed by atoms with van der Waals surface area (Å²) in [5.74, 6) is -0.0449. The van der Waals surface area contributed by atoms with Gasteiger partial charge < -0.3 is 20.3 Å². The Morgan fingerprint density at radius 2 is 0.758 bits per heavy atom. The smallest absolute Gasteiger partial charge is 0.305 e. The van der Waals surface area contributed by atoms with Crippen molar-refractivity contribution in [1.82, 2.24) is 5.32 Å². The maximum atomic E-state index is 12.4. The van der Waals surface area contributed by atoms with Crippen molar-refractivity contribution in [2.45, 2.75) is 321 Å². The largest absolute Gasteiger partial charge is 0.466 e. The first-order chi connectivity index (χ1) is 30.5. The highest BCUT2D eigenvalue weighted by Gasteiger charge is 2.20. The van der Waals surface area contributed by atoms with Gasteiger partial charge in [0.1, 0.15) is 0 Å². The molecular formula is C56H109NO5. The van der Waals surface area contributed by atoms with Crippen LogP contribution in [-0.2, 0) is 14.3 Å². The van der Waals surface area contributed by atoms with Crippen LogP contribution in [0.3, 0.4) is 0 Å². The van der Waals surface area contributed by atoms with E-state index in [0.29, 0.717) is 25.9 Å². The molecule has 0 spiro atoms. The summed E-state index contributed by atoms with van der Waals surface area (Å²) in [5.41, 5.74) is 0. The number of carbonyl (C=O) groups excluding carboxylic acids is 2. The average molecular weight is 876 g/mol. The van der Waals surface area contributed by atoms with E-state index in [9.17, 15) is 19.8 Å². The van der Waals surface area contributed by atoms with Crippen molar-refractivity contribution < 1.29 is 24.5 Å². The molecule has 368 valence electrons. The minimum atomic E-state index is -0.668. The molecule has 0 rings (SSSR count). The van der Waals surface area contributed by atoms with Crippen LogP contribution < -0.4 is 5.32 Å². The van der Waals surface area contributed by atoms with Gasteiger partial charge in [0.25, 0.3) is 0 Å². The van der Waals surface area contributed by atoms with Gasteiger partial charge in [0.2, 0.25) is 5.91 Å². The van der Waals surface area contributed by atoms with Crippen LogP contribution in [0.1, 0.15) is 309 Å². The Bertz CT molecular complexity index is 924. The van der Waals surface area contributed by atoms with Crippen LogP contribution in [-0.4, -0.2) is 47.4 Å². The Balaban J connectivity index is 3.40. The molecule has 0 aliphatic rings. The van der Waals surface area contributed by atoms with Gasteiger partial charge in [0, 0.05) is 12.8 Å². The molecule has 0 fully saturated rings. The van der Waals surface area contributed by atoms with Crippen LogP contribution in [0.4, 0.5) is 0 Å². The standard InChI is InChI=1S/C56H109NO5/c1-3-5-7-9-11-13-15-17-18-19-20-23-26-30-34-38-42-46-50-56(61)62-51-47-43-39-35-31-27-24-21-22-25-29-33-37-41-45-49-55(60)57-53(52-58)54(59)48-44-40-36-32-28-16-14-12-10-8-6-4-2/h18-19,53-54,58-59H,3-17,20-52H2,1-2H3,(H,57,60)/b19-18-. The number of nitrogens with one attached hydrogen (secondary N) is 1. The van der Waals surface area contributed by atoms with Gasteiger partial charge in [0.05, 0.1) is 25.4 Å². The maximum Gasteiger partial charge on any atom is 0.305 e. The fourth-order valence-electron chi connectivity index (χ4n) is 8.75. The number of aliphatic hydroxyl groups is 2. The minimum Gasteiger partial charge on any atom is -0.466 e. The lowest BCUT2D eigenvalue weighted by Gasteiger charge is -2.22. The monoisotopic (exact) mass is 876 g/mol. The number of allylic oxidation sites excluding steroid dienone is 2. The first kappa shape index (κ1) is 60.6. The molecule has 0 heterocycles. The summed E-state index contributed by atoms with van der Waals surface area (Å²) in [7, 11) is 0. The van der Waals surface area contributed by atoms with E-state index in [1.54, 1.807) is 0 Å². The normalized spacial score (nSPS) is 12.6. The predicted molar refractivity (Wildman–Crippen MR) is 269 cm³/mol. The van der Waals surface area contributed by atoms with E-state index in [4.69, 9.17) is 4.74 Å². The van der Waals surface area contributed by atoms with E-state index < -0.39 is 12.1 Å². The summed E-state index contributed by atoms with van der Waals surface area (Å²) in [5, 5.41) is 23.2. The van der Waals surface area contributed by atoms with Gasteiger partial charge in [-0.2, -0.15) is 0 Å². The molecule has 0 aromatic rings. The van der Waals surface area contributed by atoms with Crippen molar-refractivity contribution >= 4 is 11.9 Å². The Morgan fingerprint density at radius 1 is 0.435 bits per heavy atom. The Kier molecular flexibility index (Phi) is 51.0. The number of esters is 1. The fourth-order valence-corrected chi connectivity index (χ4v) is 8.75. The van der Waals surface area contributed by atoms with Crippen molar-refractivity contribution in [2.75, 3.05) is 13.2 Å². The number of amides is 1. The topological polar surface area (TPSA) is 95.9 Å². The van der Waals surface area contributed by atoms with Crippen LogP contribution >= 0.6 is 0 Å². The summed E-state index contributed by atoms with van der Waals surface area (Å²) in [6, 6.07) is -0.546. The third kappa shape index (κ3) is 48.1. The maximum absolute atomic E-state index is 12.4. The summed E-state index contributed by atoms with van der Waals surface area (Å²) < 4.78 is 5.48. The zero-order valence-corrected chi connectivity index (χ0v) is 41.9. The van der Waals surface area contributed by atoms with Gasteiger partial charge in [0.15, 0.2) is 0 Å². The van der Waals surface area contributed by atoms with Gasteiger partial charge in [-0.1, -0.05) is 257 Å². The molecule has 0 saturated carbocycles.